The summed E-state index contributed by atoms with van der Waals surface area (Å²) in [4.78, 5) is 4.24. The van der Waals surface area contributed by atoms with Crippen LogP contribution in [0.2, 0.25) is 0 Å². The van der Waals surface area contributed by atoms with Crippen molar-refractivity contribution in [1.29, 1.82) is 0 Å². The summed E-state index contributed by atoms with van der Waals surface area (Å²) in [6.07, 6.45) is -0.388. The average Bonchev–Trinajstić information content (AvgIpc) is 3.51. The molecule has 4 nitrogen and oxygen atoms in total. The van der Waals surface area contributed by atoms with E-state index in [1.54, 1.807) is 19.2 Å². The molecule has 10 heteroatoms. The van der Waals surface area contributed by atoms with Gasteiger partial charge >= 0.3 is 6.18 Å². The van der Waals surface area contributed by atoms with Gasteiger partial charge in [-0.05, 0) is 96.9 Å². The highest BCUT2D eigenvalue weighted by molar-refractivity contribution is 5.70. The molecule has 2 aromatic carbocycles. The van der Waals surface area contributed by atoms with Crippen molar-refractivity contribution < 1.29 is 40.9 Å². The molecule has 1 heterocycles. The van der Waals surface area contributed by atoms with E-state index >= 15 is 0 Å². The molecule has 3 aliphatic carbocycles. The molecule has 3 aromatic rings. The van der Waals surface area contributed by atoms with Crippen molar-refractivity contribution in [2.24, 2.45) is 11.8 Å². The van der Waals surface area contributed by atoms with E-state index in [4.69, 9.17) is 9.47 Å². The molecule has 6 rings (SSSR count). The lowest BCUT2D eigenvalue weighted by atomic mass is 9.73. The van der Waals surface area contributed by atoms with Crippen molar-refractivity contribution in [2.75, 3.05) is 6.61 Å². The Hall–Kier alpha value is -3.27. The zero-order valence-electron chi connectivity index (χ0n) is 20.9. The predicted octanol–water partition coefficient (Wildman–Crippen LogP) is 6.96. The number of fused-ring (bicyclic) bond motifs is 3. The number of pyridine rings is 1. The Kier molecular flexibility index (Phi) is 6.09. The van der Waals surface area contributed by atoms with Crippen LogP contribution < -0.4 is 9.47 Å². The van der Waals surface area contributed by atoms with Gasteiger partial charge in [0.1, 0.15) is 12.4 Å². The molecule has 1 aromatic heterocycles. The lowest BCUT2D eigenvalue weighted by Crippen LogP contribution is -2.43. The highest BCUT2D eigenvalue weighted by Crippen LogP contribution is 2.56. The summed E-state index contributed by atoms with van der Waals surface area (Å²) < 4.78 is 96.7. The summed E-state index contributed by atoms with van der Waals surface area (Å²) in [6.45, 7) is 1.17. The normalized spacial score (nSPS) is 25.1. The van der Waals surface area contributed by atoms with Gasteiger partial charge in [-0.1, -0.05) is 0 Å². The Bertz CT molecular complexity index is 1420. The Morgan fingerprint density at radius 1 is 1.00 bits per heavy atom. The van der Waals surface area contributed by atoms with Gasteiger partial charge in [0.15, 0.2) is 17.4 Å². The van der Waals surface area contributed by atoms with Crippen molar-refractivity contribution in [2.45, 2.75) is 56.9 Å². The van der Waals surface area contributed by atoms with Crippen LogP contribution in [0.3, 0.4) is 0 Å². The molecule has 0 spiro atoms. The van der Waals surface area contributed by atoms with Crippen molar-refractivity contribution >= 4 is 0 Å². The largest absolute Gasteiger partial charge is 0.487 e. The zero-order valence-corrected chi connectivity index (χ0v) is 20.9. The Morgan fingerprint density at radius 3 is 2.38 bits per heavy atom. The van der Waals surface area contributed by atoms with Crippen LogP contribution in [-0.2, 0) is 19.2 Å². The first-order valence-corrected chi connectivity index (χ1v) is 12.7. The highest BCUT2D eigenvalue weighted by atomic mass is 19.4. The van der Waals surface area contributed by atoms with Gasteiger partial charge in [0.05, 0.1) is 17.8 Å². The summed E-state index contributed by atoms with van der Waals surface area (Å²) in [5, 5.41) is 9.80. The van der Waals surface area contributed by atoms with E-state index in [0.29, 0.717) is 30.7 Å². The van der Waals surface area contributed by atoms with E-state index in [0.717, 1.165) is 36.6 Å². The number of aromatic nitrogens is 1. The van der Waals surface area contributed by atoms with Crippen molar-refractivity contribution in [3.05, 3.63) is 76.2 Å². The molecular weight excluding hydrogens is 524 g/mol. The molecule has 1 N–H and O–H groups in total. The number of rotatable bonds is 7. The van der Waals surface area contributed by atoms with Gasteiger partial charge in [-0.15, -0.1) is 0 Å². The maximum atomic E-state index is 14.8. The van der Waals surface area contributed by atoms with Crippen molar-refractivity contribution in [3.8, 4) is 22.8 Å². The Labute approximate surface area is 220 Å². The molecule has 206 valence electrons. The van der Waals surface area contributed by atoms with Crippen LogP contribution >= 0.6 is 0 Å². The SMILES string of the molecule is CC1(O)CC(COc2c(F)cc(-c3cc(COc4cc5c(cn4)C4CC4C5)c(F)cc3C(F)(F)F)cc2F)C1. The number of halogens is 6. The minimum absolute atomic E-state index is 0.0484. The van der Waals surface area contributed by atoms with Crippen molar-refractivity contribution in [1.82, 2.24) is 4.98 Å². The van der Waals surface area contributed by atoms with Crippen LogP contribution in [0.1, 0.15) is 54.4 Å². The standard InChI is InChI=1S/C29H25F6NO3/c1-28(37)9-14(10-28)12-39-27-24(31)5-17(6-25(27)32)20-4-18(23(30)8-22(20)29(33,34)35)13-38-26-7-16-2-15-3-19(15)21(16)11-36-26/h4-8,11,14-15,19,37H,2-3,9-10,12-13H2,1H3. The molecule has 2 fully saturated rings. The van der Waals surface area contributed by atoms with E-state index in [1.165, 1.54) is 5.56 Å². The molecule has 0 radical (unpaired) electrons. The van der Waals surface area contributed by atoms with Crippen molar-refractivity contribution in [3.63, 3.8) is 0 Å². The summed E-state index contributed by atoms with van der Waals surface area (Å²) in [7, 11) is 0. The predicted molar refractivity (Wildman–Crippen MR) is 129 cm³/mol. The van der Waals surface area contributed by atoms with Crippen LogP contribution in [-0.4, -0.2) is 22.3 Å². The third-order valence-corrected chi connectivity index (χ3v) is 7.90. The van der Waals surface area contributed by atoms with Gasteiger partial charge < -0.3 is 14.6 Å². The molecule has 0 amide bonds. The number of hydrogen-bond acceptors (Lipinski definition) is 4. The van der Waals surface area contributed by atoms with Gasteiger partial charge in [-0.3, -0.25) is 0 Å². The van der Waals surface area contributed by atoms with E-state index in [-0.39, 0.29) is 24.0 Å². The summed E-state index contributed by atoms with van der Waals surface area (Å²) in [6, 6.07) is 4.43. The second kappa shape index (κ2) is 9.15. The van der Waals surface area contributed by atoms with E-state index in [2.05, 4.69) is 4.98 Å². The number of alkyl halides is 3. The molecule has 0 saturated heterocycles. The van der Waals surface area contributed by atoms with Crippen LogP contribution in [0.25, 0.3) is 11.1 Å². The second-order valence-electron chi connectivity index (χ2n) is 11.2. The maximum absolute atomic E-state index is 14.8. The molecule has 2 saturated carbocycles. The van der Waals surface area contributed by atoms with Gasteiger partial charge in [-0.2, -0.15) is 13.2 Å². The van der Waals surface area contributed by atoms with E-state index in [1.807, 2.05) is 0 Å². The lowest BCUT2D eigenvalue weighted by Gasteiger charge is -2.40. The quantitative estimate of drug-likeness (QED) is 0.324. The number of nitrogens with zero attached hydrogens (tertiary/aromatic N) is 1. The van der Waals surface area contributed by atoms with E-state index < -0.39 is 58.3 Å². The molecule has 0 bridgehead atoms. The third kappa shape index (κ3) is 5.06. The van der Waals surface area contributed by atoms with Crippen LogP contribution in [0, 0.1) is 29.3 Å². The van der Waals surface area contributed by atoms with E-state index in [9.17, 15) is 31.4 Å². The monoisotopic (exact) mass is 549 g/mol. The van der Waals surface area contributed by atoms with Crippen LogP contribution in [0.4, 0.5) is 26.3 Å². The fourth-order valence-electron chi connectivity index (χ4n) is 5.92. The average molecular weight is 550 g/mol. The molecule has 39 heavy (non-hydrogen) atoms. The first-order valence-electron chi connectivity index (χ1n) is 12.7. The summed E-state index contributed by atoms with van der Waals surface area (Å²) in [5.41, 5.74) is -1.18. The zero-order chi connectivity index (χ0) is 27.7. The van der Waals surface area contributed by atoms with Gasteiger partial charge in [-0.25, -0.2) is 18.2 Å². The highest BCUT2D eigenvalue weighted by Gasteiger charge is 2.45. The fraction of sp³-hybridized carbons (Fsp3) is 0.414. The van der Waals surface area contributed by atoms with Crippen LogP contribution in [0.5, 0.6) is 11.6 Å². The summed E-state index contributed by atoms with van der Waals surface area (Å²) in [5.74, 6) is -2.97. The topological polar surface area (TPSA) is 51.6 Å². The fourth-order valence-corrected chi connectivity index (χ4v) is 5.92. The first kappa shape index (κ1) is 26.0. The third-order valence-electron chi connectivity index (χ3n) is 7.90. The first-order chi connectivity index (χ1) is 18.4. The second-order valence-corrected chi connectivity index (χ2v) is 11.2. The number of ether oxygens (including phenoxy) is 2. The molecule has 2 unspecified atom stereocenters. The molecule has 0 aliphatic heterocycles. The minimum Gasteiger partial charge on any atom is -0.487 e. The maximum Gasteiger partial charge on any atom is 0.417 e. The van der Waals surface area contributed by atoms with Crippen LogP contribution in [0.15, 0.2) is 36.5 Å². The number of aliphatic hydroxyl groups is 1. The Morgan fingerprint density at radius 2 is 1.72 bits per heavy atom. The minimum atomic E-state index is -4.98. The molecule has 2 atom stereocenters. The Balaban J connectivity index is 1.25. The summed E-state index contributed by atoms with van der Waals surface area (Å²) >= 11 is 0. The molecule has 3 aliphatic rings. The number of benzene rings is 2. The lowest BCUT2D eigenvalue weighted by molar-refractivity contribution is -0.137. The van der Waals surface area contributed by atoms with Gasteiger partial charge in [0.2, 0.25) is 5.88 Å². The van der Waals surface area contributed by atoms with Gasteiger partial charge in [0.25, 0.3) is 0 Å². The van der Waals surface area contributed by atoms with Gasteiger partial charge in [0, 0.05) is 17.8 Å². The smallest absolute Gasteiger partial charge is 0.417 e. The molecular formula is C29H25F6NO3. The number of hydrogen-bond donors (Lipinski definition) is 1.